The maximum absolute atomic E-state index is 11.1. The summed E-state index contributed by atoms with van der Waals surface area (Å²) in [6, 6.07) is 11.8. The van der Waals surface area contributed by atoms with Crippen LogP contribution in [0.15, 0.2) is 36.4 Å². The second kappa shape index (κ2) is 4.96. The summed E-state index contributed by atoms with van der Waals surface area (Å²) in [5.74, 6) is -0.284. The molecular formula is C16H16N2O2. The van der Waals surface area contributed by atoms with Crippen LogP contribution in [-0.4, -0.2) is 22.1 Å². The molecule has 2 aromatic rings. The molecule has 0 saturated heterocycles. The van der Waals surface area contributed by atoms with Gasteiger partial charge in [-0.25, -0.2) is 9.78 Å². The third kappa shape index (κ3) is 2.50. The number of rotatable bonds is 3. The number of nitrogens with zero attached hydrogens (tertiary/aromatic N) is 1. The molecule has 4 nitrogen and oxygen atoms in total. The first-order chi connectivity index (χ1) is 9.61. The topological polar surface area (TPSA) is 62.2 Å². The van der Waals surface area contributed by atoms with Gasteiger partial charge in [0.15, 0.2) is 0 Å². The lowest BCUT2D eigenvalue weighted by molar-refractivity contribution is 0.0696. The molecule has 0 fully saturated rings. The molecule has 1 aromatic carbocycles. The molecule has 0 radical (unpaired) electrons. The Morgan fingerprint density at radius 1 is 1.25 bits per heavy atom. The molecule has 1 aromatic heterocycles. The molecule has 0 aliphatic heterocycles. The molecule has 0 unspecified atom stereocenters. The molecule has 0 bridgehead atoms. The van der Waals surface area contributed by atoms with Crippen LogP contribution in [0.3, 0.4) is 0 Å². The smallest absolute Gasteiger partial charge is 0.335 e. The van der Waals surface area contributed by atoms with Crippen LogP contribution in [0.25, 0.3) is 0 Å². The van der Waals surface area contributed by atoms with E-state index in [0.29, 0.717) is 11.5 Å². The third-order valence-corrected chi connectivity index (χ3v) is 3.60. The minimum Gasteiger partial charge on any atom is -0.478 e. The van der Waals surface area contributed by atoms with Crippen LogP contribution in [0.4, 0.5) is 5.82 Å². The van der Waals surface area contributed by atoms with Crippen molar-refractivity contribution in [1.82, 2.24) is 4.98 Å². The van der Waals surface area contributed by atoms with E-state index in [-0.39, 0.29) is 11.6 Å². The van der Waals surface area contributed by atoms with E-state index in [4.69, 9.17) is 5.11 Å². The Morgan fingerprint density at radius 2 is 1.90 bits per heavy atom. The van der Waals surface area contributed by atoms with Crippen molar-refractivity contribution in [3.8, 4) is 0 Å². The molecule has 4 heteroatoms. The van der Waals surface area contributed by atoms with Crippen molar-refractivity contribution in [2.45, 2.75) is 25.8 Å². The first kappa shape index (κ1) is 12.7. The first-order valence-electron chi connectivity index (χ1n) is 6.67. The third-order valence-electron chi connectivity index (χ3n) is 3.60. The zero-order chi connectivity index (χ0) is 14.1. The van der Waals surface area contributed by atoms with Crippen LogP contribution >= 0.6 is 0 Å². The monoisotopic (exact) mass is 268 g/mol. The van der Waals surface area contributed by atoms with Crippen LogP contribution in [0.5, 0.6) is 0 Å². The number of carboxylic acid groups (broad SMARTS) is 1. The number of hydrogen-bond acceptors (Lipinski definition) is 3. The van der Waals surface area contributed by atoms with Gasteiger partial charge in [0.1, 0.15) is 5.82 Å². The summed E-state index contributed by atoms with van der Waals surface area (Å²) in [4.78, 5) is 15.4. The minimum absolute atomic E-state index is 0.274. The highest BCUT2D eigenvalue weighted by atomic mass is 16.4. The van der Waals surface area contributed by atoms with E-state index in [0.717, 1.165) is 12.8 Å². The zero-order valence-corrected chi connectivity index (χ0v) is 11.3. The number of aromatic nitrogens is 1. The number of carboxylic acids is 1. The molecule has 3 rings (SSSR count). The van der Waals surface area contributed by atoms with E-state index >= 15 is 0 Å². The fraction of sp³-hybridized carbons (Fsp3) is 0.250. The van der Waals surface area contributed by atoms with E-state index in [1.165, 1.54) is 11.1 Å². The van der Waals surface area contributed by atoms with Crippen molar-refractivity contribution in [3.05, 3.63) is 58.8 Å². The van der Waals surface area contributed by atoms with Gasteiger partial charge < -0.3 is 10.4 Å². The summed E-state index contributed by atoms with van der Waals surface area (Å²) < 4.78 is 0. The quantitative estimate of drug-likeness (QED) is 0.898. The average molecular weight is 268 g/mol. The van der Waals surface area contributed by atoms with Gasteiger partial charge in [0, 0.05) is 11.7 Å². The lowest BCUT2D eigenvalue weighted by Crippen LogP contribution is -2.20. The summed E-state index contributed by atoms with van der Waals surface area (Å²) in [7, 11) is 0. The number of nitrogens with one attached hydrogen (secondary N) is 1. The second-order valence-corrected chi connectivity index (χ2v) is 5.21. The normalized spacial score (nSPS) is 14.1. The summed E-state index contributed by atoms with van der Waals surface area (Å²) in [5, 5.41) is 12.4. The summed E-state index contributed by atoms with van der Waals surface area (Å²) in [5.41, 5.74) is 3.70. The highest BCUT2D eigenvalue weighted by Gasteiger charge is 2.21. The van der Waals surface area contributed by atoms with Gasteiger partial charge in [0.05, 0.1) is 5.56 Å². The number of carbonyl (C=O) groups is 1. The number of hydrogen-bond donors (Lipinski definition) is 2. The number of benzene rings is 1. The van der Waals surface area contributed by atoms with Gasteiger partial charge in [-0.2, -0.15) is 0 Å². The maximum Gasteiger partial charge on any atom is 0.335 e. The number of pyridine rings is 1. The SMILES string of the molecule is Cc1cc(C(=O)O)cc(NC2Cc3ccccc3C2)n1. The zero-order valence-electron chi connectivity index (χ0n) is 11.3. The lowest BCUT2D eigenvalue weighted by atomic mass is 10.1. The van der Waals surface area contributed by atoms with Crippen LogP contribution in [0.2, 0.25) is 0 Å². The second-order valence-electron chi connectivity index (χ2n) is 5.21. The van der Waals surface area contributed by atoms with E-state index < -0.39 is 5.97 Å². The molecule has 1 heterocycles. The maximum atomic E-state index is 11.1. The molecule has 1 aliphatic carbocycles. The van der Waals surface area contributed by atoms with Gasteiger partial charge in [-0.1, -0.05) is 24.3 Å². The molecule has 102 valence electrons. The van der Waals surface area contributed by atoms with Crippen LogP contribution < -0.4 is 5.32 Å². The largest absolute Gasteiger partial charge is 0.478 e. The van der Waals surface area contributed by atoms with E-state index in [1.807, 2.05) is 0 Å². The highest BCUT2D eigenvalue weighted by molar-refractivity contribution is 5.88. The van der Waals surface area contributed by atoms with Crippen molar-refractivity contribution in [3.63, 3.8) is 0 Å². The first-order valence-corrected chi connectivity index (χ1v) is 6.67. The Morgan fingerprint density at radius 3 is 2.50 bits per heavy atom. The lowest BCUT2D eigenvalue weighted by Gasteiger charge is -2.13. The predicted molar refractivity (Wildman–Crippen MR) is 77.2 cm³/mol. The Balaban J connectivity index is 1.78. The van der Waals surface area contributed by atoms with E-state index in [2.05, 4.69) is 34.6 Å². The van der Waals surface area contributed by atoms with Crippen molar-refractivity contribution in [2.24, 2.45) is 0 Å². The van der Waals surface area contributed by atoms with Crippen LogP contribution in [0.1, 0.15) is 27.2 Å². The Bertz CT molecular complexity index is 642. The number of anilines is 1. The molecule has 0 amide bonds. The number of fused-ring (bicyclic) bond motifs is 1. The summed E-state index contributed by atoms with van der Waals surface area (Å²) in [6.45, 7) is 1.81. The van der Waals surface area contributed by atoms with Gasteiger partial charge in [-0.15, -0.1) is 0 Å². The van der Waals surface area contributed by atoms with E-state index in [1.54, 1.807) is 19.1 Å². The van der Waals surface area contributed by atoms with Crippen LogP contribution in [0, 0.1) is 6.92 Å². The van der Waals surface area contributed by atoms with Gasteiger partial charge >= 0.3 is 5.97 Å². The number of aromatic carboxylic acids is 1. The highest BCUT2D eigenvalue weighted by Crippen LogP contribution is 2.24. The molecule has 0 spiro atoms. The Kier molecular flexibility index (Phi) is 3.14. The Labute approximate surface area is 117 Å². The fourth-order valence-electron chi connectivity index (χ4n) is 2.74. The number of aryl methyl sites for hydroxylation is 1. The minimum atomic E-state index is -0.923. The van der Waals surface area contributed by atoms with Crippen molar-refractivity contribution in [1.29, 1.82) is 0 Å². The summed E-state index contributed by atoms with van der Waals surface area (Å²) >= 11 is 0. The fourth-order valence-corrected chi connectivity index (χ4v) is 2.74. The molecule has 0 saturated carbocycles. The van der Waals surface area contributed by atoms with Crippen LogP contribution in [-0.2, 0) is 12.8 Å². The molecular weight excluding hydrogens is 252 g/mol. The van der Waals surface area contributed by atoms with Gasteiger partial charge in [0.2, 0.25) is 0 Å². The van der Waals surface area contributed by atoms with Gasteiger partial charge in [-0.05, 0) is 43.0 Å². The molecule has 20 heavy (non-hydrogen) atoms. The molecule has 1 aliphatic rings. The van der Waals surface area contributed by atoms with Crippen molar-refractivity contribution in [2.75, 3.05) is 5.32 Å². The van der Waals surface area contributed by atoms with Crippen molar-refractivity contribution >= 4 is 11.8 Å². The predicted octanol–water partition coefficient (Wildman–Crippen LogP) is 2.67. The average Bonchev–Trinajstić information content (AvgIpc) is 2.79. The molecule has 2 N–H and O–H groups in total. The standard InChI is InChI=1S/C16H16N2O2/c1-10-6-13(16(19)20)9-15(17-10)18-14-7-11-4-2-3-5-12(11)8-14/h2-6,9,14H,7-8H2,1H3,(H,17,18)(H,19,20). The molecule has 0 atom stereocenters. The Hall–Kier alpha value is -2.36. The van der Waals surface area contributed by atoms with Gasteiger partial charge in [-0.3, -0.25) is 0 Å². The van der Waals surface area contributed by atoms with E-state index in [9.17, 15) is 4.79 Å². The summed E-state index contributed by atoms with van der Waals surface area (Å²) in [6.07, 6.45) is 1.91. The van der Waals surface area contributed by atoms with Gasteiger partial charge in [0.25, 0.3) is 0 Å². The van der Waals surface area contributed by atoms with Crippen molar-refractivity contribution < 1.29 is 9.90 Å².